The standard InChI is InChI=1S/C10H18N4/c1-8-6-14(9(2)5-11-8)7-10-3-4-12-13-10/h3-4,8-9,11H,5-7H2,1-2H3,(H,12,13)/t8-,9+/m0/s1. The van der Waals surface area contributed by atoms with E-state index in [1.165, 1.54) is 5.69 Å². The highest BCUT2D eigenvalue weighted by Crippen LogP contribution is 2.10. The van der Waals surface area contributed by atoms with Crippen molar-refractivity contribution in [1.82, 2.24) is 20.4 Å². The highest BCUT2D eigenvalue weighted by Gasteiger charge is 2.22. The van der Waals surface area contributed by atoms with Gasteiger partial charge in [0.15, 0.2) is 0 Å². The van der Waals surface area contributed by atoms with Gasteiger partial charge in [-0.15, -0.1) is 0 Å². The van der Waals surface area contributed by atoms with Gasteiger partial charge < -0.3 is 5.32 Å². The summed E-state index contributed by atoms with van der Waals surface area (Å²) in [6.45, 7) is 7.66. The summed E-state index contributed by atoms with van der Waals surface area (Å²) in [6.07, 6.45) is 1.81. The number of H-pyrrole nitrogens is 1. The molecule has 2 rings (SSSR count). The van der Waals surface area contributed by atoms with Crippen LogP contribution < -0.4 is 5.32 Å². The molecule has 2 heterocycles. The summed E-state index contributed by atoms with van der Waals surface area (Å²) in [5.74, 6) is 0. The Morgan fingerprint density at radius 2 is 2.43 bits per heavy atom. The Bertz CT molecular complexity index is 270. The van der Waals surface area contributed by atoms with Crippen LogP contribution in [0, 0.1) is 0 Å². The van der Waals surface area contributed by atoms with Crippen LogP contribution in [-0.2, 0) is 6.54 Å². The van der Waals surface area contributed by atoms with Crippen LogP contribution in [0.4, 0.5) is 0 Å². The fourth-order valence-electron chi connectivity index (χ4n) is 1.91. The highest BCUT2D eigenvalue weighted by molar-refractivity contribution is 4.98. The van der Waals surface area contributed by atoms with Crippen LogP contribution in [-0.4, -0.2) is 40.3 Å². The van der Waals surface area contributed by atoms with Gasteiger partial charge >= 0.3 is 0 Å². The molecule has 0 spiro atoms. The second-order valence-electron chi connectivity index (χ2n) is 4.17. The van der Waals surface area contributed by atoms with Gasteiger partial charge in [-0.2, -0.15) is 5.10 Å². The van der Waals surface area contributed by atoms with Crippen molar-refractivity contribution < 1.29 is 0 Å². The Kier molecular flexibility index (Phi) is 2.84. The average Bonchev–Trinajstić information content (AvgIpc) is 2.64. The molecular weight excluding hydrogens is 176 g/mol. The number of rotatable bonds is 2. The molecule has 0 aromatic carbocycles. The maximum absolute atomic E-state index is 3.96. The van der Waals surface area contributed by atoms with E-state index in [9.17, 15) is 0 Å². The predicted octanol–water partition coefficient (Wildman–Crippen LogP) is 0.592. The molecular formula is C10H18N4. The van der Waals surface area contributed by atoms with E-state index in [-0.39, 0.29) is 0 Å². The Morgan fingerprint density at radius 1 is 1.57 bits per heavy atom. The normalized spacial score (nSPS) is 29.3. The molecule has 0 aliphatic carbocycles. The van der Waals surface area contributed by atoms with E-state index in [2.05, 4.69) is 34.3 Å². The van der Waals surface area contributed by atoms with Gasteiger partial charge in [0.05, 0.1) is 0 Å². The Hall–Kier alpha value is -0.870. The van der Waals surface area contributed by atoms with Crippen LogP contribution in [0.1, 0.15) is 19.5 Å². The van der Waals surface area contributed by atoms with E-state index >= 15 is 0 Å². The second-order valence-corrected chi connectivity index (χ2v) is 4.17. The van der Waals surface area contributed by atoms with Crippen LogP contribution in [0.3, 0.4) is 0 Å². The predicted molar refractivity (Wildman–Crippen MR) is 55.9 cm³/mol. The van der Waals surface area contributed by atoms with Crippen LogP contribution in [0.5, 0.6) is 0 Å². The molecule has 1 aromatic rings. The van der Waals surface area contributed by atoms with E-state index in [0.717, 1.165) is 19.6 Å². The summed E-state index contributed by atoms with van der Waals surface area (Å²) >= 11 is 0. The molecule has 0 radical (unpaired) electrons. The van der Waals surface area contributed by atoms with Gasteiger partial charge in [-0.05, 0) is 19.9 Å². The SMILES string of the molecule is C[C@@H]1CN[C@@H](C)CN1Cc1ccn[nH]1. The molecule has 4 heteroatoms. The van der Waals surface area contributed by atoms with Crippen molar-refractivity contribution in [3.63, 3.8) is 0 Å². The van der Waals surface area contributed by atoms with Gasteiger partial charge in [0.2, 0.25) is 0 Å². The van der Waals surface area contributed by atoms with Crippen molar-refractivity contribution in [3.05, 3.63) is 18.0 Å². The van der Waals surface area contributed by atoms with E-state index in [0.29, 0.717) is 12.1 Å². The Morgan fingerprint density at radius 3 is 3.14 bits per heavy atom. The van der Waals surface area contributed by atoms with Gasteiger partial charge in [-0.1, -0.05) is 0 Å². The first-order valence-corrected chi connectivity index (χ1v) is 5.21. The number of aromatic amines is 1. The molecule has 2 N–H and O–H groups in total. The monoisotopic (exact) mass is 194 g/mol. The fourth-order valence-corrected chi connectivity index (χ4v) is 1.91. The summed E-state index contributed by atoms with van der Waals surface area (Å²) in [5, 5.41) is 10.4. The number of hydrogen-bond acceptors (Lipinski definition) is 3. The Balaban J connectivity index is 1.95. The molecule has 1 aliphatic rings. The molecule has 0 amide bonds. The summed E-state index contributed by atoms with van der Waals surface area (Å²) in [7, 11) is 0. The average molecular weight is 194 g/mol. The third kappa shape index (κ3) is 2.13. The minimum Gasteiger partial charge on any atom is -0.311 e. The van der Waals surface area contributed by atoms with E-state index in [1.54, 1.807) is 0 Å². The number of nitrogens with zero attached hydrogens (tertiary/aromatic N) is 2. The lowest BCUT2D eigenvalue weighted by Gasteiger charge is -2.37. The molecule has 1 aliphatic heterocycles. The lowest BCUT2D eigenvalue weighted by Crippen LogP contribution is -2.53. The number of nitrogens with one attached hydrogen (secondary N) is 2. The van der Waals surface area contributed by atoms with Gasteiger partial charge in [-0.25, -0.2) is 0 Å². The third-order valence-corrected chi connectivity index (χ3v) is 2.83. The summed E-state index contributed by atoms with van der Waals surface area (Å²) < 4.78 is 0. The van der Waals surface area contributed by atoms with Crippen molar-refractivity contribution in [1.29, 1.82) is 0 Å². The zero-order valence-corrected chi connectivity index (χ0v) is 8.83. The first kappa shape index (κ1) is 9.68. The summed E-state index contributed by atoms with van der Waals surface area (Å²) in [6, 6.07) is 3.24. The lowest BCUT2D eigenvalue weighted by atomic mass is 10.1. The third-order valence-electron chi connectivity index (χ3n) is 2.83. The Labute approximate surface area is 84.7 Å². The van der Waals surface area contributed by atoms with E-state index in [1.807, 2.05) is 12.3 Å². The second kappa shape index (κ2) is 4.11. The molecule has 0 saturated carbocycles. The zero-order valence-electron chi connectivity index (χ0n) is 8.83. The van der Waals surface area contributed by atoms with Gasteiger partial charge in [0.25, 0.3) is 0 Å². The molecule has 2 atom stereocenters. The largest absolute Gasteiger partial charge is 0.311 e. The number of hydrogen-bond donors (Lipinski definition) is 2. The van der Waals surface area contributed by atoms with Crippen molar-refractivity contribution in [2.24, 2.45) is 0 Å². The maximum atomic E-state index is 3.96. The maximum Gasteiger partial charge on any atom is 0.0492 e. The van der Waals surface area contributed by atoms with E-state index in [4.69, 9.17) is 0 Å². The molecule has 78 valence electrons. The molecule has 1 aromatic heterocycles. The van der Waals surface area contributed by atoms with Crippen LogP contribution in [0.25, 0.3) is 0 Å². The first-order chi connectivity index (χ1) is 6.75. The molecule has 1 fully saturated rings. The van der Waals surface area contributed by atoms with Crippen LogP contribution in [0.2, 0.25) is 0 Å². The molecule has 0 bridgehead atoms. The van der Waals surface area contributed by atoms with Gasteiger partial charge in [0, 0.05) is 43.6 Å². The summed E-state index contributed by atoms with van der Waals surface area (Å²) in [5.41, 5.74) is 1.20. The van der Waals surface area contributed by atoms with Crippen LogP contribution >= 0.6 is 0 Å². The van der Waals surface area contributed by atoms with Gasteiger partial charge in [-0.3, -0.25) is 10.00 Å². The minimum absolute atomic E-state index is 0.592. The quantitative estimate of drug-likeness (QED) is 0.724. The molecule has 0 unspecified atom stereocenters. The van der Waals surface area contributed by atoms with Gasteiger partial charge in [0.1, 0.15) is 0 Å². The molecule has 14 heavy (non-hydrogen) atoms. The van der Waals surface area contributed by atoms with Crippen molar-refractivity contribution in [2.75, 3.05) is 13.1 Å². The molecule has 4 nitrogen and oxygen atoms in total. The van der Waals surface area contributed by atoms with Crippen molar-refractivity contribution in [3.8, 4) is 0 Å². The van der Waals surface area contributed by atoms with Crippen molar-refractivity contribution in [2.45, 2.75) is 32.5 Å². The van der Waals surface area contributed by atoms with E-state index < -0.39 is 0 Å². The number of aromatic nitrogens is 2. The smallest absolute Gasteiger partial charge is 0.0492 e. The highest BCUT2D eigenvalue weighted by atomic mass is 15.2. The minimum atomic E-state index is 0.592. The topological polar surface area (TPSA) is 44.0 Å². The zero-order chi connectivity index (χ0) is 9.97. The lowest BCUT2D eigenvalue weighted by molar-refractivity contribution is 0.137. The van der Waals surface area contributed by atoms with Crippen LogP contribution in [0.15, 0.2) is 12.3 Å². The van der Waals surface area contributed by atoms with Crippen molar-refractivity contribution >= 4 is 0 Å². The number of piperazine rings is 1. The summed E-state index contributed by atoms with van der Waals surface area (Å²) in [4.78, 5) is 2.48. The fraction of sp³-hybridized carbons (Fsp3) is 0.700. The first-order valence-electron chi connectivity index (χ1n) is 5.21. The molecule has 1 saturated heterocycles.